The van der Waals surface area contributed by atoms with Crippen molar-refractivity contribution >= 4 is 5.91 Å². The minimum atomic E-state index is -0.363. The highest BCUT2D eigenvalue weighted by atomic mass is 16.5. The lowest BCUT2D eigenvalue weighted by molar-refractivity contribution is -0.137. The van der Waals surface area contributed by atoms with Gasteiger partial charge >= 0.3 is 0 Å². The number of carbonyl (C=O) groups is 1. The van der Waals surface area contributed by atoms with E-state index in [0.29, 0.717) is 13.0 Å². The van der Waals surface area contributed by atoms with Crippen LogP contribution in [0.1, 0.15) is 182 Å². The van der Waals surface area contributed by atoms with E-state index in [9.17, 15) is 4.79 Å². The number of rotatable bonds is 28. The maximum atomic E-state index is 13.1. The van der Waals surface area contributed by atoms with Crippen molar-refractivity contribution < 1.29 is 9.53 Å². The van der Waals surface area contributed by atoms with Gasteiger partial charge in [0.15, 0.2) is 0 Å². The van der Waals surface area contributed by atoms with Crippen molar-refractivity contribution in [2.24, 2.45) is 0 Å². The fraction of sp³-hybridized carbons (Fsp3) is 0.970. The van der Waals surface area contributed by atoms with Crippen LogP contribution >= 0.6 is 0 Å². The molecule has 3 heteroatoms. The first-order valence-corrected chi connectivity index (χ1v) is 16.4. The molecule has 0 radical (unpaired) electrons. The molecule has 0 unspecified atom stereocenters. The number of hydrogen-bond donors (Lipinski definition) is 0. The normalized spacial score (nSPS) is 11.8. The Morgan fingerprint density at radius 1 is 0.528 bits per heavy atom. The standard InChI is InChI=1S/C33H67NO2/c1-6-9-11-13-15-17-19-20-22-24-26-28-30-34(32(35)31-33(4,5)36-8-3)29-27-25-23-21-18-16-14-12-10-7-2/h6-31H2,1-5H3. The highest BCUT2D eigenvalue weighted by Crippen LogP contribution is 2.18. The molecule has 0 aromatic carbocycles. The Kier molecular flexibility index (Phi) is 25.6. The second kappa shape index (κ2) is 26.1. The van der Waals surface area contributed by atoms with E-state index in [1.54, 1.807) is 0 Å². The molecule has 216 valence electrons. The third kappa shape index (κ3) is 23.8. The van der Waals surface area contributed by atoms with E-state index in [1.807, 2.05) is 6.92 Å². The van der Waals surface area contributed by atoms with Crippen molar-refractivity contribution in [2.75, 3.05) is 19.7 Å². The highest BCUT2D eigenvalue weighted by Gasteiger charge is 2.25. The first-order chi connectivity index (χ1) is 17.5. The minimum absolute atomic E-state index is 0.285. The van der Waals surface area contributed by atoms with Gasteiger partial charge in [0.2, 0.25) is 5.91 Å². The Labute approximate surface area is 227 Å². The Hall–Kier alpha value is -0.570. The number of nitrogens with zero attached hydrogens (tertiary/aromatic N) is 1. The molecule has 0 rings (SSSR count). The summed E-state index contributed by atoms with van der Waals surface area (Å²) in [6.45, 7) is 13.2. The van der Waals surface area contributed by atoms with E-state index in [0.717, 1.165) is 25.9 Å². The van der Waals surface area contributed by atoms with Crippen molar-refractivity contribution in [2.45, 2.75) is 188 Å². The summed E-state index contributed by atoms with van der Waals surface area (Å²) in [4.78, 5) is 15.3. The van der Waals surface area contributed by atoms with Crippen molar-refractivity contribution in [3.8, 4) is 0 Å². The molecule has 0 aromatic heterocycles. The molecule has 36 heavy (non-hydrogen) atoms. The van der Waals surface area contributed by atoms with Gasteiger partial charge < -0.3 is 9.64 Å². The number of carbonyl (C=O) groups excluding carboxylic acids is 1. The van der Waals surface area contributed by atoms with Gasteiger partial charge in [0.05, 0.1) is 12.0 Å². The zero-order valence-corrected chi connectivity index (χ0v) is 25.6. The lowest BCUT2D eigenvalue weighted by atomic mass is 10.0. The van der Waals surface area contributed by atoms with Crippen LogP contribution in [0.4, 0.5) is 0 Å². The molecule has 0 spiro atoms. The zero-order valence-electron chi connectivity index (χ0n) is 25.6. The average molecular weight is 510 g/mol. The zero-order chi connectivity index (χ0) is 26.7. The smallest absolute Gasteiger partial charge is 0.225 e. The van der Waals surface area contributed by atoms with Gasteiger partial charge in [0, 0.05) is 19.7 Å². The van der Waals surface area contributed by atoms with E-state index >= 15 is 0 Å². The summed E-state index contributed by atoms with van der Waals surface area (Å²) in [6, 6.07) is 0. The summed E-state index contributed by atoms with van der Waals surface area (Å²) in [7, 11) is 0. The van der Waals surface area contributed by atoms with Crippen LogP contribution in [0.25, 0.3) is 0 Å². The first kappa shape index (κ1) is 35.4. The van der Waals surface area contributed by atoms with Gasteiger partial charge in [-0.15, -0.1) is 0 Å². The van der Waals surface area contributed by atoms with Gasteiger partial charge in [-0.05, 0) is 33.6 Å². The molecule has 0 atom stereocenters. The maximum absolute atomic E-state index is 13.1. The summed E-state index contributed by atoms with van der Waals surface area (Å²) in [5.74, 6) is 0.285. The molecule has 0 saturated carbocycles. The molecule has 0 aliphatic rings. The molecular formula is C33H67NO2. The number of unbranched alkanes of at least 4 members (excludes halogenated alkanes) is 20. The molecule has 0 aliphatic carbocycles. The minimum Gasteiger partial charge on any atom is -0.375 e. The summed E-state index contributed by atoms with van der Waals surface area (Å²) in [5, 5.41) is 0. The molecular weight excluding hydrogens is 442 g/mol. The lowest BCUT2D eigenvalue weighted by Gasteiger charge is -2.29. The van der Waals surface area contributed by atoms with Gasteiger partial charge in [-0.3, -0.25) is 4.79 Å². The fourth-order valence-electron chi connectivity index (χ4n) is 5.21. The summed E-state index contributed by atoms with van der Waals surface area (Å²) >= 11 is 0. The van der Waals surface area contributed by atoms with E-state index in [4.69, 9.17) is 4.74 Å². The van der Waals surface area contributed by atoms with Gasteiger partial charge in [-0.1, -0.05) is 142 Å². The van der Waals surface area contributed by atoms with E-state index in [1.165, 1.54) is 128 Å². The summed E-state index contributed by atoms with van der Waals surface area (Å²) in [6.07, 6.45) is 30.2. The maximum Gasteiger partial charge on any atom is 0.225 e. The van der Waals surface area contributed by atoms with Gasteiger partial charge in [0.1, 0.15) is 0 Å². The average Bonchev–Trinajstić information content (AvgIpc) is 2.84. The Balaban J connectivity index is 4.10. The van der Waals surface area contributed by atoms with Crippen molar-refractivity contribution in [3.63, 3.8) is 0 Å². The monoisotopic (exact) mass is 510 g/mol. The van der Waals surface area contributed by atoms with Crippen molar-refractivity contribution in [1.82, 2.24) is 4.90 Å². The second-order valence-electron chi connectivity index (χ2n) is 11.8. The highest BCUT2D eigenvalue weighted by molar-refractivity contribution is 5.77. The van der Waals surface area contributed by atoms with E-state index in [-0.39, 0.29) is 11.5 Å². The number of amides is 1. The topological polar surface area (TPSA) is 29.5 Å². The first-order valence-electron chi connectivity index (χ1n) is 16.4. The molecule has 0 aromatic rings. The van der Waals surface area contributed by atoms with Crippen LogP contribution in [0.2, 0.25) is 0 Å². The predicted octanol–water partition coefficient (Wildman–Crippen LogP) is 10.6. The van der Waals surface area contributed by atoms with Gasteiger partial charge in [-0.25, -0.2) is 0 Å². The van der Waals surface area contributed by atoms with Crippen LogP contribution in [-0.4, -0.2) is 36.1 Å². The summed E-state index contributed by atoms with van der Waals surface area (Å²) in [5.41, 5.74) is -0.363. The summed E-state index contributed by atoms with van der Waals surface area (Å²) < 4.78 is 5.82. The Morgan fingerprint density at radius 2 is 0.833 bits per heavy atom. The fourth-order valence-corrected chi connectivity index (χ4v) is 5.21. The van der Waals surface area contributed by atoms with Crippen LogP contribution in [-0.2, 0) is 9.53 Å². The third-order valence-corrected chi connectivity index (χ3v) is 7.53. The van der Waals surface area contributed by atoms with Crippen LogP contribution in [0, 0.1) is 0 Å². The third-order valence-electron chi connectivity index (χ3n) is 7.53. The predicted molar refractivity (Wildman–Crippen MR) is 160 cm³/mol. The molecule has 0 aliphatic heterocycles. The molecule has 0 saturated heterocycles. The Bertz CT molecular complexity index is 463. The molecule has 0 N–H and O–H groups in total. The Morgan fingerprint density at radius 3 is 1.14 bits per heavy atom. The molecule has 0 fully saturated rings. The van der Waals surface area contributed by atoms with Crippen LogP contribution < -0.4 is 0 Å². The van der Waals surface area contributed by atoms with Gasteiger partial charge in [0.25, 0.3) is 0 Å². The molecule has 1 amide bonds. The largest absolute Gasteiger partial charge is 0.375 e. The quantitative estimate of drug-likeness (QED) is 0.0981. The molecule has 0 bridgehead atoms. The van der Waals surface area contributed by atoms with E-state index in [2.05, 4.69) is 32.6 Å². The molecule has 3 nitrogen and oxygen atoms in total. The second-order valence-corrected chi connectivity index (χ2v) is 11.8. The van der Waals surface area contributed by atoms with E-state index < -0.39 is 0 Å². The lowest BCUT2D eigenvalue weighted by Crippen LogP contribution is -2.39. The number of hydrogen-bond acceptors (Lipinski definition) is 2. The van der Waals surface area contributed by atoms with Gasteiger partial charge in [-0.2, -0.15) is 0 Å². The van der Waals surface area contributed by atoms with Crippen LogP contribution in [0.15, 0.2) is 0 Å². The van der Waals surface area contributed by atoms with Crippen molar-refractivity contribution in [1.29, 1.82) is 0 Å². The van der Waals surface area contributed by atoms with Crippen LogP contribution in [0.3, 0.4) is 0 Å². The number of ether oxygens (including phenoxy) is 1. The SMILES string of the molecule is CCCCCCCCCCCCCCN(CCCCCCCCCCCC)C(=O)CC(C)(C)OCC. The molecule has 0 heterocycles. The van der Waals surface area contributed by atoms with Crippen LogP contribution in [0.5, 0.6) is 0 Å². The van der Waals surface area contributed by atoms with Crippen molar-refractivity contribution in [3.05, 3.63) is 0 Å².